The molecule has 0 bridgehead atoms. The maximum atomic E-state index is 14.4. The number of anilines is 1. The molecule has 1 aliphatic rings. The molecule has 2 aromatic rings. The summed E-state index contributed by atoms with van der Waals surface area (Å²) in [5.74, 6) is 0.0744. The van der Waals surface area contributed by atoms with Gasteiger partial charge in [-0.3, -0.25) is 4.79 Å². The Hall–Kier alpha value is -2.89. The van der Waals surface area contributed by atoms with Crippen LogP contribution in [0, 0.1) is 12.7 Å². The number of nitrogens with zero attached hydrogens (tertiary/aromatic N) is 2. The number of carbonyl (C=O) groups is 1. The Morgan fingerprint density at radius 3 is 2.58 bits per heavy atom. The quantitative estimate of drug-likeness (QED) is 0.660. The van der Waals surface area contributed by atoms with Gasteiger partial charge in [-0.25, -0.2) is 9.82 Å². The summed E-state index contributed by atoms with van der Waals surface area (Å²) in [6.07, 6.45) is 3.66. The minimum Gasteiger partial charge on any atom is -0.497 e. The molecule has 1 heterocycles. The molecule has 1 N–H and O–H groups in total. The number of hydrazone groups is 1. The molecule has 26 heavy (non-hydrogen) atoms. The molecule has 1 fully saturated rings. The maximum Gasteiger partial charge on any atom is 0.271 e. The third-order valence-electron chi connectivity index (χ3n) is 4.50. The van der Waals surface area contributed by atoms with Crippen LogP contribution in [0.5, 0.6) is 5.75 Å². The van der Waals surface area contributed by atoms with Crippen molar-refractivity contribution in [2.45, 2.75) is 19.8 Å². The molecule has 1 saturated heterocycles. The maximum absolute atomic E-state index is 14.4. The number of rotatable bonds is 5. The third kappa shape index (κ3) is 4.02. The van der Waals surface area contributed by atoms with E-state index in [9.17, 15) is 9.18 Å². The molecule has 5 nitrogen and oxygen atoms in total. The highest BCUT2D eigenvalue weighted by atomic mass is 19.1. The number of nitrogens with one attached hydrogen (secondary N) is 1. The Labute approximate surface area is 152 Å². The van der Waals surface area contributed by atoms with E-state index in [0.29, 0.717) is 22.6 Å². The fourth-order valence-electron chi connectivity index (χ4n) is 2.99. The second-order valence-electron chi connectivity index (χ2n) is 6.28. The van der Waals surface area contributed by atoms with Crippen molar-refractivity contribution in [3.8, 4) is 5.75 Å². The van der Waals surface area contributed by atoms with Crippen LogP contribution in [0.15, 0.2) is 41.5 Å². The van der Waals surface area contributed by atoms with Crippen LogP contribution >= 0.6 is 0 Å². The van der Waals surface area contributed by atoms with E-state index in [0.717, 1.165) is 31.5 Å². The molecule has 3 rings (SSSR count). The Morgan fingerprint density at radius 1 is 1.23 bits per heavy atom. The van der Waals surface area contributed by atoms with Crippen LogP contribution < -0.4 is 15.1 Å². The summed E-state index contributed by atoms with van der Waals surface area (Å²) in [6.45, 7) is 3.69. The van der Waals surface area contributed by atoms with Crippen molar-refractivity contribution >= 4 is 17.8 Å². The number of aryl methyl sites for hydroxylation is 1. The molecule has 0 unspecified atom stereocenters. The van der Waals surface area contributed by atoms with Gasteiger partial charge >= 0.3 is 0 Å². The number of hydrogen-bond acceptors (Lipinski definition) is 4. The predicted octanol–water partition coefficient (Wildman–Crippen LogP) is 3.51. The van der Waals surface area contributed by atoms with Gasteiger partial charge in [0.1, 0.15) is 11.6 Å². The molecular formula is C20H22FN3O2. The second kappa shape index (κ2) is 7.99. The average Bonchev–Trinajstić information content (AvgIpc) is 3.18. The largest absolute Gasteiger partial charge is 0.497 e. The van der Waals surface area contributed by atoms with E-state index in [1.54, 1.807) is 31.4 Å². The van der Waals surface area contributed by atoms with Gasteiger partial charge in [-0.1, -0.05) is 0 Å². The molecule has 1 amide bonds. The van der Waals surface area contributed by atoms with Crippen molar-refractivity contribution in [3.05, 3.63) is 58.9 Å². The van der Waals surface area contributed by atoms with E-state index in [1.165, 1.54) is 12.3 Å². The molecule has 0 aromatic heterocycles. The van der Waals surface area contributed by atoms with Crippen LogP contribution in [-0.4, -0.2) is 32.3 Å². The van der Waals surface area contributed by atoms with Crippen molar-refractivity contribution in [3.63, 3.8) is 0 Å². The van der Waals surface area contributed by atoms with Crippen molar-refractivity contribution in [2.24, 2.45) is 5.10 Å². The molecule has 0 atom stereocenters. The highest BCUT2D eigenvalue weighted by Crippen LogP contribution is 2.26. The minimum atomic E-state index is -0.337. The van der Waals surface area contributed by atoms with Gasteiger partial charge in [0.2, 0.25) is 0 Å². The number of halogens is 1. The fourth-order valence-corrected chi connectivity index (χ4v) is 2.99. The lowest BCUT2D eigenvalue weighted by Crippen LogP contribution is -2.19. The molecule has 136 valence electrons. The summed E-state index contributed by atoms with van der Waals surface area (Å²) in [6, 6.07) is 10.0. The highest BCUT2D eigenvalue weighted by Gasteiger charge is 2.17. The first-order valence-corrected chi connectivity index (χ1v) is 8.61. The fraction of sp³-hybridized carbons (Fsp3) is 0.300. The molecule has 0 saturated carbocycles. The zero-order chi connectivity index (χ0) is 18.5. The average molecular weight is 355 g/mol. The van der Waals surface area contributed by atoms with Crippen LogP contribution in [0.1, 0.15) is 34.3 Å². The van der Waals surface area contributed by atoms with Gasteiger partial charge in [-0.15, -0.1) is 0 Å². The number of ether oxygens (including phenoxy) is 1. The van der Waals surface area contributed by atoms with E-state index in [2.05, 4.69) is 15.4 Å². The normalized spacial score (nSPS) is 14.0. The van der Waals surface area contributed by atoms with Gasteiger partial charge < -0.3 is 9.64 Å². The highest BCUT2D eigenvalue weighted by molar-refractivity contribution is 5.95. The lowest BCUT2D eigenvalue weighted by atomic mass is 10.1. The number of methoxy groups -OCH3 is 1. The van der Waals surface area contributed by atoms with Crippen LogP contribution in [0.3, 0.4) is 0 Å². The summed E-state index contributed by atoms with van der Waals surface area (Å²) in [5, 5.41) is 3.95. The van der Waals surface area contributed by atoms with Crippen molar-refractivity contribution in [2.75, 3.05) is 25.1 Å². The Kier molecular flexibility index (Phi) is 5.51. The first-order chi connectivity index (χ1) is 12.6. The third-order valence-corrected chi connectivity index (χ3v) is 4.50. The molecule has 1 aliphatic heterocycles. The SMILES string of the molecule is COc1ccc(C(=O)NN=Cc2cc(F)c(N3CCCC3)cc2C)cc1. The zero-order valence-corrected chi connectivity index (χ0v) is 15.0. The van der Waals surface area contributed by atoms with E-state index in [4.69, 9.17) is 4.74 Å². The lowest BCUT2D eigenvalue weighted by Gasteiger charge is -2.19. The Bertz CT molecular complexity index is 813. The molecule has 0 radical (unpaired) electrons. The number of amides is 1. The first kappa shape index (κ1) is 17.9. The number of hydrogen-bond donors (Lipinski definition) is 1. The van der Waals surface area contributed by atoms with Gasteiger partial charge in [0.25, 0.3) is 5.91 Å². The van der Waals surface area contributed by atoms with Gasteiger partial charge in [0, 0.05) is 24.2 Å². The Morgan fingerprint density at radius 2 is 1.92 bits per heavy atom. The summed E-state index contributed by atoms with van der Waals surface area (Å²) in [5.41, 5.74) is 5.12. The Balaban J connectivity index is 1.67. The van der Waals surface area contributed by atoms with Crippen molar-refractivity contribution < 1.29 is 13.9 Å². The summed E-state index contributed by atoms with van der Waals surface area (Å²) in [4.78, 5) is 14.1. The summed E-state index contributed by atoms with van der Waals surface area (Å²) in [7, 11) is 1.57. The molecular weight excluding hydrogens is 333 g/mol. The lowest BCUT2D eigenvalue weighted by molar-refractivity contribution is 0.0955. The monoisotopic (exact) mass is 355 g/mol. The smallest absolute Gasteiger partial charge is 0.271 e. The van der Waals surface area contributed by atoms with E-state index < -0.39 is 0 Å². The van der Waals surface area contributed by atoms with Crippen LogP contribution in [-0.2, 0) is 0 Å². The topological polar surface area (TPSA) is 53.9 Å². The van der Waals surface area contributed by atoms with Crippen molar-refractivity contribution in [1.82, 2.24) is 5.43 Å². The molecule has 0 spiro atoms. The van der Waals surface area contributed by atoms with E-state index >= 15 is 0 Å². The zero-order valence-electron chi connectivity index (χ0n) is 15.0. The van der Waals surface area contributed by atoms with Crippen LogP contribution in [0.25, 0.3) is 0 Å². The molecule has 2 aromatic carbocycles. The van der Waals surface area contributed by atoms with E-state index in [-0.39, 0.29) is 11.7 Å². The summed E-state index contributed by atoms with van der Waals surface area (Å²) >= 11 is 0. The van der Waals surface area contributed by atoms with Gasteiger partial charge in [0.05, 0.1) is 19.0 Å². The van der Waals surface area contributed by atoms with Crippen LogP contribution in [0.2, 0.25) is 0 Å². The van der Waals surface area contributed by atoms with Gasteiger partial charge in [0.15, 0.2) is 0 Å². The molecule has 6 heteroatoms. The first-order valence-electron chi connectivity index (χ1n) is 8.61. The minimum absolute atomic E-state index is 0.263. The number of benzene rings is 2. The summed E-state index contributed by atoms with van der Waals surface area (Å²) < 4.78 is 19.5. The van der Waals surface area contributed by atoms with Gasteiger partial charge in [-0.2, -0.15) is 5.10 Å². The van der Waals surface area contributed by atoms with Crippen LogP contribution in [0.4, 0.5) is 10.1 Å². The van der Waals surface area contributed by atoms with Crippen molar-refractivity contribution in [1.29, 1.82) is 0 Å². The van der Waals surface area contributed by atoms with E-state index in [1.807, 2.05) is 13.0 Å². The standard InChI is InChI=1S/C20H22FN3O2/c1-14-11-19(24-9-3-4-10-24)18(21)12-16(14)13-22-23-20(25)15-5-7-17(26-2)8-6-15/h5-8,11-13H,3-4,9-10H2,1-2H3,(H,23,25). The van der Waals surface area contributed by atoms with Gasteiger partial charge in [-0.05, 0) is 61.7 Å². The second-order valence-corrected chi connectivity index (χ2v) is 6.28. The predicted molar refractivity (Wildman–Crippen MR) is 101 cm³/mol. The molecule has 0 aliphatic carbocycles. The number of carbonyl (C=O) groups excluding carboxylic acids is 1.